The van der Waals surface area contributed by atoms with Gasteiger partial charge in [0.1, 0.15) is 0 Å². The molecule has 0 unspecified atom stereocenters. The third-order valence-corrected chi connectivity index (χ3v) is 6.49. The first-order chi connectivity index (χ1) is 10.7. The molecule has 2 aliphatic rings. The Labute approximate surface area is 135 Å². The van der Waals surface area contributed by atoms with Crippen molar-refractivity contribution in [2.75, 3.05) is 12.5 Å². The van der Waals surface area contributed by atoms with Gasteiger partial charge < -0.3 is 14.8 Å². The Kier molecular flexibility index (Phi) is 5.03. The van der Waals surface area contributed by atoms with Crippen LogP contribution in [-0.2, 0) is 10.8 Å². The largest absolute Gasteiger partial charge is 0.454 e. The Morgan fingerprint density at radius 1 is 1.27 bits per heavy atom. The molecule has 1 saturated carbocycles. The summed E-state index contributed by atoms with van der Waals surface area (Å²) in [5, 5.41) is 3.99. The van der Waals surface area contributed by atoms with E-state index in [0.29, 0.717) is 12.8 Å². The lowest BCUT2D eigenvalue weighted by atomic mass is 9.93. The summed E-state index contributed by atoms with van der Waals surface area (Å²) in [7, 11) is -0.723. The molecule has 0 spiro atoms. The van der Waals surface area contributed by atoms with Crippen molar-refractivity contribution in [3.63, 3.8) is 0 Å². The van der Waals surface area contributed by atoms with Crippen LogP contribution in [-0.4, -0.2) is 28.0 Å². The molecular formula is C17H25NO3S. The first-order valence-corrected chi connectivity index (χ1v) is 9.60. The maximum Gasteiger partial charge on any atom is 0.231 e. The van der Waals surface area contributed by atoms with Gasteiger partial charge >= 0.3 is 0 Å². The van der Waals surface area contributed by atoms with Gasteiger partial charge in [-0.1, -0.05) is 25.8 Å². The maximum absolute atomic E-state index is 12.3. The summed E-state index contributed by atoms with van der Waals surface area (Å²) in [6.07, 6.45) is 4.62. The summed E-state index contributed by atoms with van der Waals surface area (Å²) < 4.78 is 23.1. The summed E-state index contributed by atoms with van der Waals surface area (Å²) in [5.41, 5.74) is 1.19. The lowest BCUT2D eigenvalue weighted by Crippen LogP contribution is -2.45. The zero-order valence-corrected chi connectivity index (χ0v) is 14.2. The highest BCUT2D eigenvalue weighted by molar-refractivity contribution is 7.85. The van der Waals surface area contributed by atoms with Crippen LogP contribution in [0.1, 0.15) is 51.1 Å². The van der Waals surface area contributed by atoms with Gasteiger partial charge in [0.15, 0.2) is 11.5 Å². The first-order valence-electron chi connectivity index (χ1n) is 8.21. The molecule has 1 aliphatic heterocycles. The predicted octanol–water partition coefficient (Wildman–Crippen LogP) is 3.15. The molecule has 0 amide bonds. The molecule has 0 radical (unpaired) electrons. The summed E-state index contributed by atoms with van der Waals surface area (Å²) in [6, 6.07) is 6.66. The van der Waals surface area contributed by atoms with Crippen LogP contribution < -0.4 is 14.8 Å². The molecule has 122 valence electrons. The zero-order chi connectivity index (χ0) is 15.5. The van der Waals surface area contributed by atoms with Crippen LogP contribution in [0.25, 0.3) is 0 Å². The summed E-state index contributed by atoms with van der Waals surface area (Å²) in [6.45, 7) is 4.49. The summed E-state index contributed by atoms with van der Waals surface area (Å²) >= 11 is 0. The standard InChI is InChI=1S/C17H25NO3S/c1-3-22(19)17-7-5-4-6-14(17)18-12(2)13-8-9-15-16(10-13)21-11-20-15/h8-10,12,14,17-18H,3-7,11H2,1-2H3/t12-,14+,17+,22-/m0/s1. The van der Waals surface area contributed by atoms with Crippen molar-refractivity contribution in [1.29, 1.82) is 0 Å². The minimum atomic E-state index is -0.723. The van der Waals surface area contributed by atoms with E-state index >= 15 is 0 Å². The van der Waals surface area contributed by atoms with Gasteiger partial charge in [0.2, 0.25) is 6.79 Å². The van der Waals surface area contributed by atoms with Gasteiger partial charge in [0.25, 0.3) is 0 Å². The minimum Gasteiger partial charge on any atom is -0.454 e. The Morgan fingerprint density at radius 3 is 2.86 bits per heavy atom. The van der Waals surface area contributed by atoms with Crippen LogP contribution in [0.3, 0.4) is 0 Å². The Hall–Kier alpha value is -1.07. The van der Waals surface area contributed by atoms with Crippen LogP contribution in [0, 0.1) is 0 Å². The van der Waals surface area contributed by atoms with E-state index in [0.717, 1.165) is 30.1 Å². The minimum absolute atomic E-state index is 0.217. The van der Waals surface area contributed by atoms with Crippen LogP contribution >= 0.6 is 0 Å². The van der Waals surface area contributed by atoms with Crippen LogP contribution in [0.2, 0.25) is 0 Å². The normalized spacial score (nSPS) is 26.6. The van der Waals surface area contributed by atoms with E-state index in [2.05, 4.69) is 24.4 Å². The second-order valence-corrected chi connectivity index (χ2v) is 8.04. The molecule has 0 bridgehead atoms. The molecule has 4 atom stereocenters. The smallest absolute Gasteiger partial charge is 0.231 e. The lowest BCUT2D eigenvalue weighted by Gasteiger charge is -2.33. The lowest BCUT2D eigenvalue weighted by molar-refractivity contribution is 0.174. The van der Waals surface area contributed by atoms with Crippen LogP contribution in [0.15, 0.2) is 18.2 Å². The van der Waals surface area contributed by atoms with Crippen molar-refractivity contribution < 1.29 is 13.7 Å². The number of fused-ring (bicyclic) bond motifs is 1. The molecule has 5 heteroatoms. The van der Waals surface area contributed by atoms with Crippen molar-refractivity contribution in [2.45, 2.75) is 56.9 Å². The van der Waals surface area contributed by atoms with Gasteiger partial charge in [-0.3, -0.25) is 4.21 Å². The van der Waals surface area contributed by atoms with Crippen LogP contribution in [0.4, 0.5) is 0 Å². The van der Waals surface area contributed by atoms with Crippen molar-refractivity contribution in [3.8, 4) is 11.5 Å². The zero-order valence-electron chi connectivity index (χ0n) is 13.3. The number of nitrogens with one attached hydrogen (secondary N) is 1. The first kappa shape index (κ1) is 15.8. The molecule has 0 aromatic heterocycles. The Morgan fingerprint density at radius 2 is 2.05 bits per heavy atom. The van der Waals surface area contributed by atoms with Gasteiger partial charge in [-0.05, 0) is 37.5 Å². The fraction of sp³-hybridized carbons (Fsp3) is 0.647. The quantitative estimate of drug-likeness (QED) is 0.904. The van der Waals surface area contributed by atoms with E-state index in [-0.39, 0.29) is 11.3 Å². The highest BCUT2D eigenvalue weighted by Crippen LogP contribution is 2.34. The number of hydrogen-bond acceptors (Lipinski definition) is 4. The topological polar surface area (TPSA) is 47.6 Å². The van der Waals surface area contributed by atoms with Gasteiger partial charge in [0.05, 0.1) is 5.25 Å². The third kappa shape index (κ3) is 3.30. The van der Waals surface area contributed by atoms with Crippen molar-refractivity contribution in [3.05, 3.63) is 23.8 Å². The maximum atomic E-state index is 12.3. The highest BCUT2D eigenvalue weighted by atomic mass is 32.2. The highest BCUT2D eigenvalue weighted by Gasteiger charge is 2.30. The SMILES string of the molecule is CC[S@](=O)[C@@H]1CCCC[C@H]1N[C@@H](C)c1ccc2c(c1)OCO2. The molecule has 1 aromatic carbocycles. The number of hydrogen-bond donors (Lipinski definition) is 1. The fourth-order valence-corrected chi connectivity index (χ4v) is 4.85. The van der Waals surface area contributed by atoms with Crippen LogP contribution in [0.5, 0.6) is 11.5 Å². The van der Waals surface area contributed by atoms with E-state index < -0.39 is 10.8 Å². The third-order valence-electron chi connectivity index (χ3n) is 4.69. The van der Waals surface area contributed by atoms with Crippen molar-refractivity contribution in [2.24, 2.45) is 0 Å². The molecule has 1 heterocycles. The van der Waals surface area contributed by atoms with Gasteiger partial charge in [-0.15, -0.1) is 0 Å². The Balaban J connectivity index is 1.69. The molecule has 22 heavy (non-hydrogen) atoms. The summed E-state index contributed by atoms with van der Waals surface area (Å²) in [4.78, 5) is 0. The van der Waals surface area contributed by atoms with E-state index in [1.165, 1.54) is 18.4 Å². The molecular weight excluding hydrogens is 298 g/mol. The molecule has 1 aromatic rings. The molecule has 4 nitrogen and oxygen atoms in total. The molecule has 0 saturated heterocycles. The van der Waals surface area contributed by atoms with E-state index in [4.69, 9.17) is 9.47 Å². The van der Waals surface area contributed by atoms with Gasteiger partial charge in [-0.25, -0.2) is 0 Å². The molecule has 1 aliphatic carbocycles. The van der Waals surface area contributed by atoms with Gasteiger partial charge in [-0.2, -0.15) is 0 Å². The number of benzene rings is 1. The van der Waals surface area contributed by atoms with Gasteiger partial charge in [0, 0.05) is 28.6 Å². The van der Waals surface area contributed by atoms with E-state index in [9.17, 15) is 4.21 Å². The fourth-order valence-electron chi connectivity index (χ4n) is 3.42. The molecule has 3 rings (SSSR count). The van der Waals surface area contributed by atoms with Crippen molar-refractivity contribution in [1.82, 2.24) is 5.32 Å². The second-order valence-electron chi connectivity index (χ2n) is 6.10. The molecule has 1 fully saturated rings. The summed E-state index contributed by atoms with van der Waals surface area (Å²) in [5.74, 6) is 2.39. The second kappa shape index (κ2) is 7.01. The molecule has 1 N–H and O–H groups in total. The predicted molar refractivity (Wildman–Crippen MR) is 88.8 cm³/mol. The van der Waals surface area contributed by atoms with E-state index in [1.54, 1.807) is 0 Å². The monoisotopic (exact) mass is 323 g/mol. The number of rotatable bonds is 5. The number of ether oxygens (including phenoxy) is 2. The van der Waals surface area contributed by atoms with Crippen molar-refractivity contribution >= 4 is 10.8 Å². The average molecular weight is 323 g/mol. The van der Waals surface area contributed by atoms with E-state index in [1.807, 2.05) is 13.0 Å². The average Bonchev–Trinajstić information content (AvgIpc) is 3.02. The Bertz CT molecular complexity index is 549.